The zero-order chi connectivity index (χ0) is 16.1. The van der Waals surface area contributed by atoms with Gasteiger partial charge in [0.25, 0.3) is 10.8 Å². The molecule has 9 heteroatoms. The van der Waals surface area contributed by atoms with Gasteiger partial charge in [0.2, 0.25) is 5.75 Å². The van der Waals surface area contributed by atoms with Crippen molar-refractivity contribution < 1.29 is 44.0 Å². The van der Waals surface area contributed by atoms with Crippen molar-refractivity contribution in [1.82, 2.24) is 0 Å². The first kappa shape index (κ1) is 17.6. The number of benzene rings is 1. The third-order valence-electron chi connectivity index (χ3n) is 3.07. The highest BCUT2D eigenvalue weighted by molar-refractivity contribution is 6.28. The molecule has 1 aliphatic rings. The van der Waals surface area contributed by atoms with Crippen LogP contribution in [0.15, 0.2) is 36.5 Å². The molecule has 1 aromatic carbocycles. The second-order valence-electron chi connectivity index (χ2n) is 4.74. The second-order valence-corrected chi connectivity index (χ2v) is 5.13. The molecular weight excluding hydrogens is 361 g/mol. The van der Waals surface area contributed by atoms with Crippen LogP contribution in [0.5, 0.6) is 11.5 Å². The van der Waals surface area contributed by atoms with Crippen LogP contribution in [0.1, 0.15) is 5.56 Å². The number of pyridine rings is 1. The molecule has 0 radical (unpaired) electrons. The van der Waals surface area contributed by atoms with E-state index < -0.39 is 23.7 Å². The summed E-state index contributed by atoms with van der Waals surface area (Å²) >= 11 is 6.03. The quantitative estimate of drug-likeness (QED) is 0.423. The molecule has 0 fully saturated rings. The van der Waals surface area contributed by atoms with E-state index >= 15 is 0 Å². The smallest absolute Gasteiger partial charge is 0.508 e. The first-order valence-corrected chi connectivity index (χ1v) is 6.54. The fourth-order valence-corrected chi connectivity index (χ4v) is 2.24. The van der Waals surface area contributed by atoms with Gasteiger partial charge < -0.3 is 21.9 Å². The normalized spacial score (nSPS) is 17.3. The third kappa shape index (κ3) is 2.90. The summed E-state index contributed by atoms with van der Waals surface area (Å²) in [6, 6.07) is 7.17. The van der Waals surface area contributed by atoms with Crippen LogP contribution in [0.25, 0.3) is 5.69 Å². The lowest BCUT2D eigenvalue weighted by atomic mass is 10.2. The van der Waals surface area contributed by atoms with Crippen LogP contribution in [0.4, 0.5) is 17.6 Å². The van der Waals surface area contributed by atoms with E-state index in [1.165, 1.54) is 16.7 Å². The van der Waals surface area contributed by atoms with E-state index in [-0.39, 0.29) is 23.2 Å². The lowest BCUT2D eigenvalue weighted by molar-refractivity contribution is -0.595. The van der Waals surface area contributed by atoms with Crippen LogP contribution < -0.4 is 26.4 Å². The van der Waals surface area contributed by atoms with E-state index in [2.05, 4.69) is 9.47 Å². The van der Waals surface area contributed by atoms with Gasteiger partial charge in [-0.25, -0.2) is 0 Å². The van der Waals surface area contributed by atoms with Crippen LogP contribution in [0.3, 0.4) is 0 Å². The number of aryl methyl sites for hydroxylation is 1. The van der Waals surface area contributed by atoms with E-state index in [4.69, 9.17) is 11.6 Å². The Kier molecular flexibility index (Phi) is 4.38. The standard InChI is InChI=1S/C14H9ClF4NO2.ClH/c1-8-5-6-11(15)20(7-8)9-3-2-4-10-12(9)22-14(18,19)13(16,17)21-10;/h2-7H,1H3;1H/q+1;/p-1. The second kappa shape index (κ2) is 5.72. The number of nitrogens with zero attached hydrogens (tertiary/aromatic N) is 1. The van der Waals surface area contributed by atoms with Crippen molar-refractivity contribution in [3.8, 4) is 17.2 Å². The number of aromatic nitrogens is 1. The Hall–Kier alpha value is -1.73. The zero-order valence-corrected chi connectivity index (χ0v) is 13.0. The number of hydrogen-bond donors (Lipinski definition) is 0. The molecule has 0 saturated heterocycles. The van der Waals surface area contributed by atoms with Crippen molar-refractivity contribution in [2.24, 2.45) is 0 Å². The summed E-state index contributed by atoms with van der Waals surface area (Å²) in [6.45, 7) is 1.77. The van der Waals surface area contributed by atoms with Crippen LogP contribution in [0.2, 0.25) is 5.15 Å². The predicted molar refractivity (Wildman–Crippen MR) is 68.9 cm³/mol. The molecule has 1 aromatic heterocycles. The molecule has 2 aromatic rings. The Labute approximate surface area is 139 Å². The van der Waals surface area contributed by atoms with Gasteiger partial charge in [-0.05, 0) is 30.7 Å². The molecule has 0 aliphatic carbocycles. The Morgan fingerprint density at radius 2 is 1.65 bits per heavy atom. The first-order chi connectivity index (χ1) is 10.2. The highest BCUT2D eigenvalue weighted by Gasteiger charge is 2.66. The Balaban J connectivity index is 0.00000192. The minimum atomic E-state index is -4.78. The van der Waals surface area contributed by atoms with E-state index in [0.29, 0.717) is 0 Å². The van der Waals surface area contributed by atoms with Crippen molar-refractivity contribution >= 4 is 11.6 Å². The number of ether oxygens (including phenoxy) is 2. The van der Waals surface area contributed by atoms with Crippen LogP contribution in [-0.4, -0.2) is 12.2 Å². The maximum absolute atomic E-state index is 13.4. The van der Waals surface area contributed by atoms with Gasteiger partial charge in [-0.2, -0.15) is 17.6 Å². The van der Waals surface area contributed by atoms with E-state index in [1.807, 2.05) is 0 Å². The zero-order valence-electron chi connectivity index (χ0n) is 11.5. The van der Waals surface area contributed by atoms with E-state index in [9.17, 15) is 17.6 Å². The molecular formula is C14H9Cl2F4NO2. The molecule has 0 atom stereocenters. The van der Waals surface area contributed by atoms with Crippen molar-refractivity contribution in [3.05, 3.63) is 47.2 Å². The molecule has 3 rings (SSSR count). The summed E-state index contributed by atoms with van der Waals surface area (Å²) in [5.41, 5.74) is 0.859. The SMILES string of the molecule is Cc1ccc(Cl)[n+](-c2cccc3c2OC(F)(F)C(F)(F)O3)c1.[Cl-]. The molecule has 0 saturated carbocycles. The van der Waals surface area contributed by atoms with Gasteiger partial charge in [-0.15, -0.1) is 4.57 Å². The third-order valence-corrected chi connectivity index (χ3v) is 3.38. The molecule has 124 valence electrons. The van der Waals surface area contributed by atoms with Crippen molar-refractivity contribution in [2.75, 3.05) is 0 Å². The highest BCUT2D eigenvalue weighted by Crippen LogP contribution is 2.48. The Bertz CT molecular complexity index is 756. The van der Waals surface area contributed by atoms with Crippen molar-refractivity contribution in [2.45, 2.75) is 19.1 Å². The van der Waals surface area contributed by atoms with Gasteiger partial charge in [-0.1, -0.05) is 6.07 Å². The number of halogens is 6. The number of para-hydroxylation sites is 1. The molecule has 0 spiro atoms. The molecule has 1 aliphatic heterocycles. The largest absolute Gasteiger partial charge is 1.00 e. The van der Waals surface area contributed by atoms with Crippen molar-refractivity contribution in [1.29, 1.82) is 0 Å². The van der Waals surface area contributed by atoms with Crippen LogP contribution >= 0.6 is 11.6 Å². The van der Waals surface area contributed by atoms with Crippen LogP contribution in [-0.2, 0) is 0 Å². The minimum Gasteiger partial charge on any atom is -1.00 e. The molecule has 0 amide bonds. The van der Waals surface area contributed by atoms with Crippen LogP contribution in [0, 0.1) is 6.92 Å². The van der Waals surface area contributed by atoms with Gasteiger partial charge in [0, 0.05) is 17.7 Å². The predicted octanol–water partition coefficient (Wildman–Crippen LogP) is 0.886. The summed E-state index contributed by atoms with van der Waals surface area (Å²) in [5, 5.41) is 0.197. The Morgan fingerprint density at radius 3 is 2.35 bits per heavy atom. The average molecular weight is 370 g/mol. The number of hydrogen-bond acceptors (Lipinski definition) is 2. The number of alkyl halides is 4. The number of fused-ring (bicyclic) bond motifs is 1. The fraction of sp³-hybridized carbons (Fsp3) is 0.214. The Morgan fingerprint density at radius 1 is 1.00 bits per heavy atom. The number of rotatable bonds is 1. The summed E-state index contributed by atoms with van der Waals surface area (Å²) in [4.78, 5) is 0. The van der Waals surface area contributed by atoms with Crippen molar-refractivity contribution in [3.63, 3.8) is 0 Å². The first-order valence-electron chi connectivity index (χ1n) is 6.16. The summed E-state index contributed by atoms with van der Waals surface area (Å²) in [6.07, 6.45) is -7.97. The molecule has 0 unspecified atom stereocenters. The van der Waals surface area contributed by atoms with Gasteiger partial charge in [0.1, 0.15) is 0 Å². The summed E-state index contributed by atoms with van der Waals surface area (Å²) in [7, 11) is 0. The molecule has 0 bridgehead atoms. The van der Waals surface area contributed by atoms with Gasteiger partial charge in [-0.3, -0.25) is 0 Å². The fourth-order valence-electron chi connectivity index (χ4n) is 2.04. The summed E-state index contributed by atoms with van der Waals surface area (Å²) in [5.74, 6) is -0.991. The lowest BCUT2D eigenvalue weighted by Gasteiger charge is -2.31. The monoisotopic (exact) mass is 369 g/mol. The maximum atomic E-state index is 13.4. The summed E-state index contributed by atoms with van der Waals surface area (Å²) < 4.78 is 62.9. The molecule has 23 heavy (non-hydrogen) atoms. The van der Waals surface area contributed by atoms with Gasteiger partial charge in [0.15, 0.2) is 11.9 Å². The van der Waals surface area contributed by atoms with E-state index in [0.717, 1.165) is 11.6 Å². The molecule has 3 nitrogen and oxygen atoms in total. The lowest BCUT2D eigenvalue weighted by Crippen LogP contribution is -3.00. The molecule has 2 heterocycles. The minimum absolute atomic E-state index is 0. The molecule has 0 N–H and O–H groups in total. The van der Waals surface area contributed by atoms with Gasteiger partial charge >= 0.3 is 12.2 Å². The van der Waals surface area contributed by atoms with Gasteiger partial charge in [0.05, 0.1) is 0 Å². The maximum Gasteiger partial charge on any atom is 0.508 e. The highest BCUT2D eigenvalue weighted by atomic mass is 35.5. The van der Waals surface area contributed by atoms with E-state index in [1.54, 1.807) is 25.3 Å². The topological polar surface area (TPSA) is 22.3 Å². The average Bonchev–Trinajstić information content (AvgIpc) is 2.42.